The average Bonchev–Trinajstić information content (AvgIpc) is 2.37. The van der Waals surface area contributed by atoms with Gasteiger partial charge in [0.25, 0.3) is 0 Å². The molecule has 19 heavy (non-hydrogen) atoms. The lowest BCUT2D eigenvalue weighted by Crippen LogP contribution is -2.53. The Balaban J connectivity index is 2.29. The molecule has 2 nitrogen and oxygen atoms in total. The van der Waals surface area contributed by atoms with Crippen molar-refractivity contribution in [3.63, 3.8) is 0 Å². The molecule has 0 aromatic rings. The molecule has 0 bridgehead atoms. The summed E-state index contributed by atoms with van der Waals surface area (Å²) in [5.74, 6) is 0. The summed E-state index contributed by atoms with van der Waals surface area (Å²) in [4.78, 5) is 0. The van der Waals surface area contributed by atoms with Crippen LogP contribution in [-0.2, 0) is 4.74 Å². The maximum absolute atomic E-state index is 6.20. The summed E-state index contributed by atoms with van der Waals surface area (Å²) in [6.07, 6.45) is 10.9. The van der Waals surface area contributed by atoms with E-state index in [9.17, 15) is 0 Å². The maximum atomic E-state index is 6.20. The van der Waals surface area contributed by atoms with E-state index in [2.05, 4.69) is 33.0 Å². The number of hydrogen-bond acceptors (Lipinski definition) is 2. The van der Waals surface area contributed by atoms with Crippen LogP contribution in [0.15, 0.2) is 0 Å². The van der Waals surface area contributed by atoms with E-state index in [0.29, 0.717) is 17.6 Å². The third kappa shape index (κ3) is 5.83. The minimum absolute atomic E-state index is 0.376. The predicted molar refractivity (Wildman–Crippen MR) is 83.6 cm³/mol. The van der Waals surface area contributed by atoms with E-state index in [-0.39, 0.29) is 0 Å². The van der Waals surface area contributed by atoms with Crippen LogP contribution in [0.5, 0.6) is 0 Å². The van der Waals surface area contributed by atoms with Crippen molar-refractivity contribution in [1.82, 2.24) is 5.32 Å². The Labute approximate surface area is 120 Å². The van der Waals surface area contributed by atoms with E-state index in [4.69, 9.17) is 4.74 Å². The lowest BCUT2D eigenvalue weighted by Gasteiger charge is -2.44. The van der Waals surface area contributed by atoms with Gasteiger partial charge in [-0.2, -0.15) is 0 Å². The first kappa shape index (κ1) is 17.0. The van der Waals surface area contributed by atoms with Gasteiger partial charge in [-0.1, -0.05) is 59.8 Å². The smallest absolute Gasteiger partial charge is 0.0733 e. The van der Waals surface area contributed by atoms with Crippen molar-refractivity contribution < 1.29 is 4.74 Å². The van der Waals surface area contributed by atoms with Gasteiger partial charge in [-0.15, -0.1) is 0 Å². The Hall–Kier alpha value is -0.0800. The second kappa shape index (κ2) is 8.97. The molecule has 1 aliphatic carbocycles. The van der Waals surface area contributed by atoms with Crippen LogP contribution in [0.1, 0.15) is 79.1 Å². The number of nitrogens with one attached hydrogen (secondary N) is 1. The van der Waals surface area contributed by atoms with E-state index >= 15 is 0 Å². The molecular weight excluding hydrogens is 234 g/mol. The zero-order valence-electron chi connectivity index (χ0n) is 13.6. The van der Waals surface area contributed by atoms with E-state index < -0.39 is 0 Å². The molecule has 0 aromatic heterocycles. The Morgan fingerprint density at radius 1 is 1.11 bits per heavy atom. The maximum Gasteiger partial charge on any atom is 0.0733 e. The fraction of sp³-hybridized carbons (Fsp3) is 1.00. The molecule has 0 saturated heterocycles. The van der Waals surface area contributed by atoms with E-state index in [1.165, 1.54) is 51.4 Å². The first-order valence-electron chi connectivity index (χ1n) is 8.46. The van der Waals surface area contributed by atoms with Gasteiger partial charge >= 0.3 is 0 Å². The van der Waals surface area contributed by atoms with Crippen LogP contribution >= 0.6 is 0 Å². The highest BCUT2D eigenvalue weighted by Gasteiger charge is 2.38. The van der Waals surface area contributed by atoms with Crippen LogP contribution in [-0.4, -0.2) is 25.3 Å². The van der Waals surface area contributed by atoms with Crippen molar-refractivity contribution in [2.24, 2.45) is 5.41 Å². The highest BCUT2D eigenvalue weighted by molar-refractivity contribution is 4.94. The normalized spacial score (nSPS) is 26.5. The van der Waals surface area contributed by atoms with E-state index in [0.717, 1.165) is 13.2 Å². The van der Waals surface area contributed by atoms with Gasteiger partial charge in [-0.05, 0) is 31.2 Å². The highest BCUT2D eigenvalue weighted by Crippen LogP contribution is 2.37. The minimum Gasteiger partial charge on any atom is -0.377 e. The lowest BCUT2D eigenvalue weighted by atomic mass is 9.71. The Morgan fingerprint density at radius 2 is 1.84 bits per heavy atom. The van der Waals surface area contributed by atoms with Crippen LogP contribution in [0.4, 0.5) is 0 Å². The van der Waals surface area contributed by atoms with Gasteiger partial charge in [-0.25, -0.2) is 0 Å². The first-order valence-corrected chi connectivity index (χ1v) is 8.46. The quantitative estimate of drug-likeness (QED) is 0.621. The largest absolute Gasteiger partial charge is 0.377 e. The van der Waals surface area contributed by atoms with Gasteiger partial charge in [0.15, 0.2) is 0 Å². The minimum atomic E-state index is 0.376. The predicted octanol–water partition coefficient (Wildman–Crippen LogP) is 4.53. The number of rotatable bonds is 9. The zero-order valence-corrected chi connectivity index (χ0v) is 13.6. The van der Waals surface area contributed by atoms with E-state index in [1.807, 2.05) is 0 Å². The molecular formula is C17H35NO. The molecule has 0 radical (unpaired) electrons. The van der Waals surface area contributed by atoms with Crippen molar-refractivity contribution in [2.45, 2.75) is 91.2 Å². The van der Waals surface area contributed by atoms with Crippen LogP contribution in [0.3, 0.4) is 0 Å². The van der Waals surface area contributed by atoms with Gasteiger partial charge < -0.3 is 10.1 Å². The molecule has 1 rings (SSSR count). The molecule has 1 saturated carbocycles. The summed E-state index contributed by atoms with van der Waals surface area (Å²) in [6.45, 7) is 11.2. The molecule has 114 valence electrons. The van der Waals surface area contributed by atoms with Gasteiger partial charge in [0.2, 0.25) is 0 Å². The summed E-state index contributed by atoms with van der Waals surface area (Å²) < 4.78 is 6.20. The lowest BCUT2D eigenvalue weighted by molar-refractivity contribution is -0.0378. The molecule has 0 aliphatic heterocycles. The van der Waals surface area contributed by atoms with Crippen molar-refractivity contribution in [2.75, 3.05) is 13.2 Å². The molecule has 1 aliphatic rings. The Morgan fingerprint density at radius 3 is 2.53 bits per heavy atom. The van der Waals surface area contributed by atoms with Gasteiger partial charge in [0.05, 0.1) is 6.10 Å². The number of ether oxygens (including phenoxy) is 1. The SMILES string of the molecule is CCCCCCCOC1CCCC(C)(C)C1NCC. The van der Waals surface area contributed by atoms with Crippen LogP contribution in [0.2, 0.25) is 0 Å². The summed E-state index contributed by atoms with van der Waals surface area (Å²) >= 11 is 0. The molecule has 2 unspecified atom stereocenters. The summed E-state index contributed by atoms with van der Waals surface area (Å²) in [5.41, 5.74) is 0.376. The monoisotopic (exact) mass is 269 g/mol. The fourth-order valence-electron chi connectivity index (χ4n) is 3.33. The van der Waals surface area contributed by atoms with Crippen molar-refractivity contribution in [3.8, 4) is 0 Å². The van der Waals surface area contributed by atoms with Crippen molar-refractivity contribution >= 4 is 0 Å². The molecule has 1 N–H and O–H groups in total. The second-order valence-electron chi connectivity index (χ2n) is 6.74. The molecule has 0 amide bonds. The first-order chi connectivity index (χ1) is 9.11. The van der Waals surface area contributed by atoms with Crippen LogP contribution < -0.4 is 5.32 Å². The summed E-state index contributed by atoms with van der Waals surface area (Å²) in [6, 6.07) is 0.530. The Bertz CT molecular complexity index is 227. The van der Waals surface area contributed by atoms with Crippen LogP contribution in [0, 0.1) is 5.41 Å². The Kier molecular flexibility index (Phi) is 8.01. The third-order valence-electron chi connectivity index (χ3n) is 4.53. The number of unbranched alkanes of at least 4 members (excludes halogenated alkanes) is 4. The number of likely N-dealkylation sites (N-methyl/N-ethyl adjacent to an activating group) is 1. The molecule has 1 fully saturated rings. The molecule has 2 atom stereocenters. The standard InChI is InChI=1S/C17H35NO/c1-5-7-8-9-10-14-19-15-12-11-13-17(3,4)16(15)18-6-2/h15-16,18H,5-14H2,1-4H3. The van der Waals surface area contributed by atoms with Gasteiger partial charge in [0.1, 0.15) is 0 Å². The molecule has 2 heteroatoms. The topological polar surface area (TPSA) is 21.3 Å². The molecule has 0 heterocycles. The average molecular weight is 269 g/mol. The summed E-state index contributed by atoms with van der Waals surface area (Å²) in [7, 11) is 0. The summed E-state index contributed by atoms with van der Waals surface area (Å²) in [5, 5.41) is 3.66. The second-order valence-corrected chi connectivity index (χ2v) is 6.74. The third-order valence-corrected chi connectivity index (χ3v) is 4.53. The van der Waals surface area contributed by atoms with Crippen molar-refractivity contribution in [3.05, 3.63) is 0 Å². The number of hydrogen-bond donors (Lipinski definition) is 1. The zero-order chi connectivity index (χ0) is 14.1. The highest BCUT2D eigenvalue weighted by atomic mass is 16.5. The van der Waals surface area contributed by atoms with Gasteiger partial charge in [0, 0.05) is 12.6 Å². The van der Waals surface area contributed by atoms with Crippen LogP contribution in [0.25, 0.3) is 0 Å². The fourth-order valence-corrected chi connectivity index (χ4v) is 3.33. The van der Waals surface area contributed by atoms with Gasteiger partial charge in [-0.3, -0.25) is 0 Å². The molecule has 0 spiro atoms. The van der Waals surface area contributed by atoms with E-state index in [1.54, 1.807) is 0 Å². The van der Waals surface area contributed by atoms with Crippen molar-refractivity contribution in [1.29, 1.82) is 0 Å². The molecule has 0 aromatic carbocycles.